The number of allylic oxidation sites excluding steroid dienone is 1. The first-order chi connectivity index (χ1) is 7.14. The molecule has 0 aromatic rings. The molecule has 0 aliphatic heterocycles. The van der Waals surface area contributed by atoms with Crippen LogP contribution in [0.15, 0.2) is 12.2 Å². The summed E-state index contributed by atoms with van der Waals surface area (Å²) in [7, 11) is -1.97. The second-order valence-electron chi connectivity index (χ2n) is 4.97. The van der Waals surface area contributed by atoms with Gasteiger partial charge in [0.2, 0.25) is 0 Å². The van der Waals surface area contributed by atoms with Gasteiger partial charge in [0.1, 0.15) is 11.7 Å². The van der Waals surface area contributed by atoms with Crippen LogP contribution in [0.5, 0.6) is 0 Å². The first kappa shape index (κ1) is 15.7. The zero-order valence-corrected chi connectivity index (χ0v) is 12.3. The van der Waals surface area contributed by atoms with Crippen LogP contribution in [0.25, 0.3) is 0 Å². The Morgan fingerprint density at radius 1 is 1.50 bits per heavy atom. The fourth-order valence-corrected chi connectivity index (χ4v) is 2.82. The lowest BCUT2D eigenvalue weighted by molar-refractivity contribution is -0.0522. The fourth-order valence-electron chi connectivity index (χ4n) is 1.32. The minimum Gasteiger partial charge on any atom is -0.395 e. The molecule has 0 saturated carbocycles. The molecule has 0 aromatic heterocycles. The Hall–Kier alpha value is -0.343. The molecule has 0 rings (SSSR count). The normalized spacial score (nSPS) is 20.1. The molecule has 0 saturated heterocycles. The molecule has 0 aliphatic rings. The smallest absolute Gasteiger partial charge is 0.193 e. The van der Waals surface area contributed by atoms with Crippen LogP contribution >= 0.6 is 11.6 Å². The summed E-state index contributed by atoms with van der Waals surface area (Å²) in [6.07, 6.45) is 3.28. The van der Waals surface area contributed by atoms with Gasteiger partial charge in [0.05, 0.1) is 5.88 Å². The number of aliphatic hydroxyl groups is 1. The van der Waals surface area contributed by atoms with Crippen LogP contribution in [0.3, 0.4) is 0 Å². The quantitative estimate of drug-likeness (QED) is 0.470. The number of halogens is 1. The largest absolute Gasteiger partial charge is 0.395 e. The summed E-state index contributed by atoms with van der Waals surface area (Å²) < 4.78 is 5.83. The van der Waals surface area contributed by atoms with Crippen molar-refractivity contribution in [3.8, 4) is 6.07 Å². The molecule has 5 heteroatoms. The minimum atomic E-state index is -1.97. The maximum Gasteiger partial charge on any atom is 0.193 e. The number of hydrogen-bond acceptors (Lipinski definition) is 3. The maximum atomic E-state index is 10.2. The number of rotatable bonds is 5. The molecule has 3 nitrogen and oxygen atoms in total. The van der Waals surface area contributed by atoms with Crippen molar-refractivity contribution in [2.75, 3.05) is 5.88 Å². The van der Waals surface area contributed by atoms with Gasteiger partial charge in [-0.05, 0) is 39.6 Å². The molecule has 1 N–H and O–H groups in total. The summed E-state index contributed by atoms with van der Waals surface area (Å²) in [5.41, 5.74) is -2.77. The summed E-state index contributed by atoms with van der Waals surface area (Å²) in [5.74, 6) is -0.0601. The second kappa shape index (κ2) is 5.33. The van der Waals surface area contributed by atoms with Crippen LogP contribution < -0.4 is 0 Å². The minimum absolute atomic E-state index is 0.0601. The predicted octanol–water partition coefficient (Wildman–Crippen LogP) is 2.67. The average Bonchev–Trinajstić information content (AvgIpc) is 2.14. The van der Waals surface area contributed by atoms with E-state index in [1.54, 1.807) is 19.1 Å². The van der Waals surface area contributed by atoms with E-state index < -0.39 is 19.5 Å². The van der Waals surface area contributed by atoms with Crippen LogP contribution in [0, 0.1) is 11.3 Å². The van der Waals surface area contributed by atoms with E-state index in [0.29, 0.717) is 0 Å². The highest BCUT2D eigenvalue weighted by Gasteiger charge is 2.48. The van der Waals surface area contributed by atoms with Gasteiger partial charge in [-0.3, -0.25) is 0 Å². The fraction of sp³-hybridized carbons (Fsp3) is 0.727. The summed E-state index contributed by atoms with van der Waals surface area (Å²) in [6.45, 7) is 9.19. The van der Waals surface area contributed by atoms with E-state index >= 15 is 0 Å². The Balaban J connectivity index is 5.44. The van der Waals surface area contributed by atoms with Gasteiger partial charge >= 0.3 is 0 Å². The van der Waals surface area contributed by atoms with Crippen LogP contribution in [-0.4, -0.2) is 30.5 Å². The van der Waals surface area contributed by atoms with Gasteiger partial charge in [0.25, 0.3) is 0 Å². The van der Waals surface area contributed by atoms with Gasteiger partial charge in [-0.2, -0.15) is 5.26 Å². The van der Waals surface area contributed by atoms with Crippen molar-refractivity contribution >= 4 is 19.9 Å². The van der Waals surface area contributed by atoms with E-state index in [1.165, 1.54) is 6.92 Å². The van der Waals surface area contributed by atoms with Crippen LogP contribution in [0.2, 0.25) is 19.6 Å². The summed E-state index contributed by atoms with van der Waals surface area (Å²) in [6, 6.07) is 2.06. The third-order valence-corrected chi connectivity index (χ3v) is 3.55. The Morgan fingerprint density at radius 3 is 2.25 bits per heavy atom. The summed E-state index contributed by atoms with van der Waals surface area (Å²) >= 11 is 5.72. The van der Waals surface area contributed by atoms with E-state index in [0.717, 1.165) is 0 Å². The van der Waals surface area contributed by atoms with Crippen LogP contribution in [0.4, 0.5) is 0 Å². The lowest BCUT2D eigenvalue weighted by Crippen LogP contribution is -2.57. The molecule has 0 radical (unpaired) electrons. The van der Waals surface area contributed by atoms with Gasteiger partial charge in [0, 0.05) is 0 Å². The zero-order chi connectivity index (χ0) is 13.0. The molecule has 0 aromatic carbocycles. The number of hydrogen-bond donors (Lipinski definition) is 1. The Bertz CT molecular complexity index is 304. The van der Waals surface area contributed by atoms with Crippen molar-refractivity contribution in [2.24, 2.45) is 0 Å². The number of alkyl halides is 1. The highest BCUT2D eigenvalue weighted by atomic mass is 35.5. The molecular formula is C11H20ClNO2Si. The molecule has 16 heavy (non-hydrogen) atoms. The van der Waals surface area contributed by atoms with Gasteiger partial charge < -0.3 is 9.53 Å². The molecule has 0 fully saturated rings. The highest BCUT2D eigenvalue weighted by Crippen LogP contribution is 2.32. The van der Waals surface area contributed by atoms with E-state index in [4.69, 9.17) is 16.0 Å². The first-order valence-corrected chi connectivity index (χ1v) is 9.12. The van der Waals surface area contributed by atoms with E-state index in [1.807, 2.05) is 19.6 Å². The first-order valence-electron chi connectivity index (χ1n) is 5.18. The molecule has 0 aliphatic carbocycles. The molecule has 0 bridgehead atoms. The highest BCUT2D eigenvalue weighted by molar-refractivity contribution is 6.69. The van der Waals surface area contributed by atoms with Crippen molar-refractivity contribution in [3.05, 3.63) is 12.2 Å². The van der Waals surface area contributed by atoms with Crippen molar-refractivity contribution < 1.29 is 9.53 Å². The SMILES string of the molecule is C/C=C/C(C#N)(O[Si](C)(C)C)C(C)(O)CCl. The van der Waals surface area contributed by atoms with E-state index in [2.05, 4.69) is 6.07 Å². The summed E-state index contributed by atoms with van der Waals surface area (Å²) in [5, 5.41) is 19.5. The average molecular weight is 262 g/mol. The Morgan fingerprint density at radius 2 is 2.00 bits per heavy atom. The molecular weight excluding hydrogens is 242 g/mol. The second-order valence-corrected chi connectivity index (χ2v) is 9.67. The van der Waals surface area contributed by atoms with Crippen molar-refractivity contribution in [1.29, 1.82) is 5.26 Å². The van der Waals surface area contributed by atoms with Gasteiger partial charge in [0.15, 0.2) is 13.9 Å². The molecule has 2 atom stereocenters. The molecule has 2 unspecified atom stereocenters. The third kappa shape index (κ3) is 3.60. The molecule has 0 heterocycles. The third-order valence-electron chi connectivity index (χ3n) is 2.09. The molecule has 0 amide bonds. The molecule has 92 valence electrons. The standard InChI is InChI=1S/C11H20ClNO2Si/c1-6-7-11(9-13,10(2,14)8-12)15-16(3,4)5/h6-7,14H,8H2,1-5H3/b7-6+. The van der Waals surface area contributed by atoms with E-state index in [-0.39, 0.29) is 5.88 Å². The van der Waals surface area contributed by atoms with E-state index in [9.17, 15) is 10.4 Å². The molecule has 0 spiro atoms. The zero-order valence-electron chi connectivity index (χ0n) is 10.5. The lowest BCUT2D eigenvalue weighted by atomic mass is 9.87. The van der Waals surface area contributed by atoms with Gasteiger partial charge in [-0.25, -0.2) is 0 Å². The van der Waals surface area contributed by atoms with Crippen molar-refractivity contribution in [3.63, 3.8) is 0 Å². The Labute approximate surface area is 104 Å². The van der Waals surface area contributed by atoms with Crippen LogP contribution in [0.1, 0.15) is 13.8 Å². The number of nitriles is 1. The van der Waals surface area contributed by atoms with Crippen molar-refractivity contribution in [1.82, 2.24) is 0 Å². The van der Waals surface area contributed by atoms with Crippen LogP contribution in [-0.2, 0) is 4.43 Å². The van der Waals surface area contributed by atoms with Gasteiger partial charge in [-0.1, -0.05) is 6.08 Å². The lowest BCUT2D eigenvalue weighted by Gasteiger charge is -2.40. The summed E-state index contributed by atoms with van der Waals surface area (Å²) in [4.78, 5) is 0. The van der Waals surface area contributed by atoms with Crippen molar-refractivity contribution in [2.45, 2.75) is 44.7 Å². The van der Waals surface area contributed by atoms with Gasteiger partial charge in [-0.15, -0.1) is 11.6 Å². The Kier molecular flexibility index (Phi) is 5.21. The predicted molar refractivity (Wildman–Crippen MR) is 68.9 cm³/mol. The number of nitrogens with zero attached hydrogens (tertiary/aromatic N) is 1. The topological polar surface area (TPSA) is 53.2 Å². The maximum absolute atomic E-state index is 10.2. The monoisotopic (exact) mass is 261 g/mol.